The Kier molecular flexibility index (Phi) is 7.14. The Labute approximate surface area is 205 Å². The molecule has 2 atom stereocenters. The molecule has 4 N–H and O–H groups in total. The number of amides is 2. The lowest BCUT2D eigenvalue weighted by Crippen LogP contribution is -2.71. The number of aliphatic carboxylic acids is 1. The molecule has 2 aromatic rings. The summed E-state index contributed by atoms with van der Waals surface area (Å²) in [5, 5.41) is 17.3. The molecule has 1 fully saturated rings. The summed E-state index contributed by atoms with van der Waals surface area (Å²) in [5.74, 6) is -2.20. The number of nitrogen functional groups attached to an aromatic ring is 1. The van der Waals surface area contributed by atoms with Crippen molar-refractivity contribution in [1.29, 1.82) is 0 Å². The quantitative estimate of drug-likeness (QED) is 0.196. The zero-order valence-electron chi connectivity index (χ0n) is 17.4. The number of nitrogens with two attached hydrogens (primary N) is 1. The number of fused-ring (bicyclic) bond motifs is 1. The molecule has 2 aliphatic rings. The first kappa shape index (κ1) is 23.7. The molecule has 0 aliphatic carbocycles. The van der Waals surface area contributed by atoms with Crippen molar-refractivity contribution < 1.29 is 24.3 Å². The molecule has 4 heterocycles. The third-order valence-corrected chi connectivity index (χ3v) is 7.28. The van der Waals surface area contributed by atoms with Crippen molar-refractivity contribution in [2.75, 3.05) is 18.6 Å². The molecule has 34 heavy (non-hydrogen) atoms. The molecule has 4 rings (SSSR count). The topological polar surface area (TPSA) is 173 Å². The van der Waals surface area contributed by atoms with Gasteiger partial charge in [0, 0.05) is 34.6 Å². The molecule has 0 spiro atoms. The molecule has 176 valence electrons. The number of carbonyl (C=O) groups excluding carboxylic acids is 2. The largest absolute Gasteiger partial charge is 0.477 e. The maximum Gasteiger partial charge on any atom is 0.352 e. The summed E-state index contributed by atoms with van der Waals surface area (Å²) in [6.45, 7) is 0. The van der Waals surface area contributed by atoms with Crippen molar-refractivity contribution in [3.63, 3.8) is 0 Å². The maximum atomic E-state index is 12.9. The number of carboxylic acids is 1. The molecular formula is C19H17N7O5S3. The summed E-state index contributed by atoms with van der Waals surface area (Å²) < 4.78 is 3.94. The highest BCUT2D eigenvalue weighted by Crippen LogP contribution is 2.41. The van der Waals surface area contributed by atoms with Crippen LogP contribution in [0.1, 0.15) is 5.82 Å². The van der Waals surface area contributed by atoms with E-state index in [0.29, 0.717) is 11.3 Å². The van der Waals surface area contributed by atoms with Crippen LogP contribution in [0.3, 0.4) is 0 Å². The Bertz CT molecular complexity index is 1210. The van der Waals surface area contributed by atoms with E-state index < -0.39 is 29.2 Å². The second-order valence-electron chi connectivity index (χ2n) is 6.73. The molecule has 0 aromatic carbocycles. The van der Waals surface area contributed by atoms with Crippen LogP contribution >= 0.6 is 35.1 Å². The molecule has 0 saturated carbocycles. The number of nitrogens with one attached hydrogen (secondary N) is 1. The van der Waals surface area contributed by atoms with Crippen LogP contribution < -0.4 is 11.1 Å². The molecular weight excluding hydrogens is 502 g/mol. The van der Waals surface area contributed by atoms with E-state index in [1.54, 1.807) is 29.9 Å². The second-order valence-corrected chi connectivity index (χ2v) is 9.60. The van der Waals surface area contributed by atoms with Gasteiger partial charge in [-0.3, -0.25) is 19.5 Å². The maximum absolute atomic E-state index is 12.9. The summed E-state index contributed by atoms with van der Waals surface area (Å²) in [6, 6.07) is 2.73. The van der Waals surface area contributed by atoms with Crippen LogP contribution in [-0.2, 0) is 19.2 Å². The van der Waals surface area contributed by atoms with Gasteiger partial charge < -0.3 is 21.0 Å². The first-order valence-corrected chi connectivity index (χ1v) is 12.3. The minimum atomic E-state index is -1.22. The van der Waals surface area contributed by atoms with Crippen molar-refractivity contribution in [1.82, 2.24) is 24.6 Å². The molecule has 1 saturated heterocycles. The number of anilines is 1. The monoisotopic (exact) mass is 519 g/mol. The lowest BCUT2D eigenvalue weighted by molar-refractivity contribution is -0.150. The van der Waals surface area contributed by atoms with Crippen LogP contribution in [0.15, 0.2) is 57.3 Å². The van der Waals surface area contributed by atoms with Gasteiger partial charge in [-0.25, -0.2) is 4.79 Å². The van der Waals surface area contributed by atoms with Gasteiger partial charge in [0.2, 0.25) is 11.5 Å². The summed E-state index contributed by atoms with van der Waals surface area (Å²) in [4.78, 5) is 52.3. The summed E-state index contributed by atoms with van der Waals surface area (Å²) in [7, 11) is 1.25. The highest BCUT2D eigenvalue weighted by molar-refractivity contribution is 8.02. The Morgan fingerprint density at radius 2 is 2.29 bits per heavy atom. The lowest BCUT2D eigenvalue weighted by Gasteiger charge is -2.49. The number of β-lactam (4-membered cyclic amide) rings is 1. The first-order valence-electron chi connectivity index (χ1n) is 9.56. The number of thioether (sulfide) groups is 2. The summed E-state index contributed by atoms with van der Waals surface area (Å²) in [5.41, 5.74) is 5.71. The average Bonchev–Trinajstić information content (AvgIpc) is 3.26. The van der Waals surface area contributed by atoms with E-state index in [-0.39, 0.29) is 22.4 Å². The van der Waals surface area contributed by atoms with Gasteiger partial charge in [0.25, 0.3) is 11.8 Å². The third-order valence-electron chi connectivity index (χ3n) is 4.65. The zero-order valence-corrected chi connectivity index (χ0v) is 19.9. The molecule has 15 heteroatoms. The smallest absolute Gasteiger partial charge is 0.352 e. The highest BCUT2D eigenvalue weighted by Gasteiger charge is 2.54. The van der Waals surface area contributed by atoms with E-state index in [4.69, 9.17) is 10.6 Å². The number of hydrogen-bond acceptors (Lipinski definition) is 12. The molecule has 0 bridgehead atoms. The number of carboxylic acid groups (broad SMARTS) is 1. The van der Waals surface area contributed by atoms with Crippen LogP contribution in [0.4, 0.5) is 5.13 Å². The zero-order chi connectivity index (χ0) is 24.2. The molecule has 2 aromatic heterocycles. The summed E-state index contributed by atoms with van der Waals surface area (Å²) >= 11 is 3.60. The molecule has 1 unspecified atom stereocenters. The minimum Gasteiger partial charge on any atom is -0.477 e. The Balaban J connectivity index is 1.49. The Hall–Kier alpha value is -3.43. The predicted molar refractivity (Wildman–Crippen MR) is 127 cm³/mol. The van der Waals surface area contributed by atoms with Crippen LogP contribution in [0.5, 0.6) is 0 Å². The third kappa shape index (κ3) is 4.76. The van der Waals surface area contributed by atoms with E-state index >= 15 is 0 Å². The SMILES string of the molecule is CO/N=C(/C(=O)NC1C(=O)N2C(C(=O)O)=C(/C=C/Sc3cccnc3)CS[C@H]12)c1nsc(N)n1. The number of rotatable bonds is 8. The van der Waals surface area contributed by atoms with Crippen LogP contribution in [-0.4, -0.2) is 72.1 Å². The lowest BCUT2D eigenvalue weighted by atomic mass is 10.0. The standard InChI is InChI=1S/C19H17N7O5S3/c1-31-24-11(14-23-19(20)34-25-14)15(27)22-12-16(28)26-13(18(29)30)9(8-33-17(12)26)4-6-32-10-3-2-5-21-7-10/h2-7,12,17H,8H2,1H3,(H,22,27)(H,29,30)(H2,20,23,25)/b6-4+,24-11+/t12?,17-/m1/s1. The van der Waals surface area contributed by atoms with Gasteiger partial charge >= 0.3 is 5.97 Å². The second kappa shape index (κ2) is 10.2. The number of oxime groups is 1. The molecule has 2 amide bonds. The minimum absolute atomic E-state index is 0.0357. The number of nitrogens with zero attached hydrogens (tertiary/aromatic N) is 5. The van der Waals surface area contributed by atoms with Crippen molar-refractivity contribution in [2.45, 2.75) is 16.3 Å². The van der Waals surface area contributed by atoms with Crippen LogP contribution in [0, 0.1) is 0 Å². The van der Waals surface area contributed by atoms with E-state index in [0.717, 1.165) is 16.4 Å². The fourth-order valence-corrected chi connectivity index (χ4v) is 5.62. The fourth-order valence-electron chi connectivity index (χ4n) is 3.20. The Morgan fingerprint density at radius 1 is 1.47 bits per heavy atom. The molecule has 12 nitrogen and oxygen atoms in total. The predicted octanol–water partition coefficient (Wildman–Crippen LogP) is 0.910. The van der Waals surface area contributed by atoms with Gasteiger partial charge in [0.1, 0.15) is 24.2 Å². The van der Waals surface area contributed by atoms with Gasteiger partial charge in [-0.05, 0) is 29.2 Å². The average molecular weight is 520 g/mol. The first-order chi connectivity index (χ1) is 16.4. The van der Waals surface area contributed by atoms with Gasteiger partial charge in [0.15, 0.2) is 5.13 Å². The normalized spacial score (nSPS) is 20.2. The van der Waals surface area contributed by atoms with Gasteiger partial charge in [-0.15, -0.1) is 11.8 Å². The van der Waals surface area contributed by atoms with E-state index in [1.165, 1.54) is 35.5 Å². The summed E-state index contributed by atoms with van der Waals surface area (Å²) in [6.07, 6.45) is 5.02. The Morgan fingerprint density at radius 3 is 2.94 bits per heavy atom. The van der Waals surface area contributed by atoms with Gasteiger partial charge in [-0.2, -0.15) is 9.36 Å². The van der Waals surface area contributed by atoms with E-state index in [9.17, 15) is 19.5 Å². The highest BCUT2D eigenvalue weighted by atomic mass is 32.2. The number of pyridine rings is 1. The molecule has 2 aliphatic heterocycles. The van der Waals surface area contributed by atoms with Crippen LogP contribution in [0.2, 0.25) is 0 Å². The van der Waals surface area contributed by atoms with E-state index in [1.807, 2.05) is 6.07 Å². The van der Waals surface area contributed by atoms with Crippen molar-refractivity contribution in [2.24, 2.45) is 5.16 Å². The number of hydrogen-bond donors (Lipinski definition) is 3. The van der Waals surface area contributed by atoms with Crippen LogP contribution in [0.25, 0.3) is 0 Å². The van der Waals surface area contributed by atoms with Crippen molar-refractivity contribution in [3.05, 3.63) is 53.1 Å². The van der Waals surface area contributed by atoms with Gasteiger partial charge in [-0.1, -0.05) is 16.9 Å². The molecule has 0 radical (unpaired) electrons. The van der Waals surface area contributed by atoms with Gasteiger partial charge in [0.05, 0.1) is 0 Å². The van der Waals surface area contributed by atoms with Crippen molar-refractivity contribution in [3.8, 4) is 0 Å². The number of allylic oxidation sites excluding steroid dienone is 1. The van der Waals surface area contributed by atoms with E-state index in [2.05, 4.69) is 24.8 Å². The van der Waals surface area contributed by atoms with Crippen molar-refractivity contribution >= 4 is 63.7 Å². The fraction of sp³-hybridized carbons (Fsp3) is 0.211. The number of carbonyl (C=O) groups is 3. The number of aromatic nitrogens is 3.